The molecule has 0 saturated heterocycles. The lowest BCUT2D eigenvalue weighted by molar-refractivity contribution is 0.712. The molecule has 0 radical (unpaired) electrons. The number of thiocarbonyl (C=S) groups is 1. The predicted octanol–water partition coefficient (Wildman–Crippen LogP) is 1.39. The summed E-state index contributed by atoms with van der Waals surface area (Å²) >= 11 is 5.07. The zero-order valence-corrected chi connectivity index (χ0v) is 8.74. The number of H-pyrrole nitrogens is 1. The molecule has 1 aromatic rings. The van der Waals surface area contributed by atoms with Crippen LogP contribution in [0.1, 0.15) is 19.4 Å². The van der Waals surface area contributed by atoms with Crippen LogP contribution in [0.2, 0.25) is 0 Å². The summed E-state index contributed by atoms with van der Waals surface area (Å²) in [7, 11) is 0. The highest BCUT2D eigenvalue weighted by Gasteiger charge is 1.97. The third-order valence-corrected chi connectivity index (χ3v) is 1.80. The maximum absolute atomic E-state index is 5.07. The average Bonchev–Trinajstić information content (AvgIpc) is 2.51. The number of hydrogen-bond donors (Lipinski definition) is 3. The van der Waals surface area contributed by atoms with E-state index in [9.17, 15) is 0 Å². The smallest absolute Gasteiger partial charge is 0.166 e. The van der Waals surface area contributed by atoms with E-state index < -0.39 is 0 Å². The van der Waals surface area contributed by atoms with Gasteiger partial charge in [-0.2, -0.15) is 0 Å². The maximum atomic E-state index is 5.07. The molecule has 72 valence electrons. The van der Waals surface area contributed by atoms with Crippen molar-refractivity contribution in [3.05, 3.63) is 24.0 Å². The van der Waals surface area contributed by atoms with Gasteiger partial charge in [-0.05, 0) is 37.7 Å². The van der Waals surface area contributed by atoms with E-state index in [4.69, 9.17) is 12.2 Å². The molecule has 0 spiro atoms. The van der Waals surface area contributed by atoms with Crippen LogP contribution in [0.15, 0.2) is 18.5 Å². The zero-order valence-electron chi connectivity index (χ0n) is 7.92. The largest absolute Gasteiger partial charge is 0.367 e. The van der Waals surface area contributed by atoms with Crippen LogP contribution in [0, 0.1) is 0 Å². The minimum atomic E-state index is 0.381. The molecule has 0 fully saturated rings. The SMILES string of the molecule is CC(C)NC(=S)NCc1cc[nH]c1. The fourth-order valence-electron chi connectivity index (χ4n) is 0.964. The first kappa shape index (κ1) is 10.1. The first-order chi connectivity index (χ1) is 6.18. The van der Waals surface area contributed by atoms with Crippen LogP contribution >= 0.6 is 12.2 Å². The third-order valence-electron chi connectivity index (χ3n) is 1.54. The van der Waals surface area contributed by atoms with Crippen molar-refractivity contribution >= 4 is 17.3 Å². The van der Waals surface area contributed by atoms with Crippen LogP contribution in [0.5, 0.6) is 0 Å². The number of rotatable bonds is 3. The Kier molecular flexibility index (Phi) is 3.76. The molecular weight excluding hydrogens is 182 g/mol. The van der Waals surface area contributed by atoms with E-state index >= 15 is 0 Å². The van der Waals surface area contributed by atoms with Crippen LogP contribution in [0.4, 0.5) is 0 Å². The van der Waals surface area contributed by atoms with Gasteiger partial charge in [0, 0.05) is 25.0 Å². The summed E-state index contributed by atoms with van der Waals surface area (Å²) in [5.74, 6) is 0. The minimum Gasteiger partial charge on any atom is -0.367 e. The summed E-state index contributed by atoms with van der Waals surface area (Å²) in [6, 6.07) is 2.40. The monoisotopic (exact) mass is 197 g/mol. The Morgan fingerprint density at radius 2 is 2.38 bits per heavy atom. The van der Waals surface area contributed by atoms with Gasteiger partial charge < -0.3 is 15.6 Å². The number of aromatic amines is 1. The Hall–Kier alpha value is -1.03. The molecule has 0 saturated carbocycles. The number of aromatic nitrogens is 1. The van der Waals surface area contributed by atoms with E-state index in [0.29, 0.717) is 11.2 Å². The second-order valence-electron chi connectivity index (χ2n) is 3.20. The molecule has 0 atom stereocenters. The van der Waals surface area contributed by atoms with Gasteiger partial charge in [-0.25, -0.2) is 0 Å². The summed E-state index contributed by atoms with van der Waals surface area (Å²) in [4.78, 5) is 2.99. The van der Waals surface area contributed by atoms with Crippen molar-refractivity contribution in [1.82, 2.24) is 15.6 Å². The molecule has 13 heavy (non-hydrogen) atoms. The van der Waals surface area contributed by atoms with Crippen LogP contribution in [-0.4, -0.2) is 16.1 Å². The predicted molar refractivity (Wildman–Crippen MR) is 58.5 cm³/mol. The average molecular weight is 197 g/mol. The first-order valence-corrected chi connectivity index (χ1v) is 4.75. The van der Waals surface area contributed by atoms with Crippen molar-refractivity contribution in [2.75, 3.05) is 0 Å². The third kappa shape index (κ3) is 3.94. The van der Waals surface area contributed by atoms with Gasteiger partial charge in [-0.1, -0.05) is 0 Å². The fraction of sp³-hybridized carbons (Fsp3) is 0.444. The van der Waals surface area contributed by atoms with Gasteiger partial charge in [0.05, 0.1) is 0 Å². The van der Waals surface area contributed by atoms with Gasteiger partial charge >= 0.3 is 0 Å². The Labute approximate surface area is 83.9 Å². The highest BCUT2D eigenvalue weighted by molar-refractivity contribution is 7.80. The van der Waals surface area contributed by atoms with Crippen LogP contribution < -0.4 is 10.6 Å². The molecule has 0 aliphatic carbocycles. The summed E-state index contributed by atoms with van der Waals surface area (Å²) < 4.78 is 0. The second kappa shape index (κ2) is 4.87. The van der Waals surface area contributed by atoms with E-state index in [1.54, 1.807) is 0 Å². The standard InChI is InChI=1S/C9H15N3S/c1-7(2)12-9(13)11-6-8-3-4-10-5-8/h3-5,7,10H,6H2,1-2H3,(H2,11,12,13). The molecule has 1 aromatic heterocycles. The van der Waals surface area contributed by atoms with Crippen molar-refractivity contribution < 1.29 is 0 Å². The fourth-order valence-corrected chi connectivity index (χ4v) is 1.27. The van der Waals surface area contributed by atoms with E-state index in [2.05, 4.69) is 29.5 Å². The van der Waals surface area contributed by atoms with Crippen LogP contribution in [0.25, 0.3) is 0 Å². The van der Waals surface area contributed by atoms with E-state index in [1.807, 2.05) is 18.5 Å². The summed E-state index contributed by atoms with van der Waals surface area (Å²) in [5.41, 5.74) is 1.20. The van der Waals surface area contributed by atoms with Crippen LogP contribution in [0.3, 0.4) is 0 Å². The first-order valence-electron chi connectivity index (χ1n) is 4.34. The molecule has 0 bridgehead atoms. The normalized spacial score (nSPS) is 10.1. The topological polar surface area (TPSA) is 39.8 Å². The lowest BCUT2D eigenvalue weighted by atomic mass is 10.3. The van der Waals surface area contributed by atoms with Gasteiger partial charge in [-0.3, -0.25) is 0 Å². The van der Waals surface area contributed by atoms with Crippen LogP contribution in [-0.2, 0) is 6.54 Å². The molecule has 3 N–H and O–H groups in total. The van der Waals surface area contributed by atoms with Crippen molar-refractivity contribution in [2.45, 2.75) is 26.4 Å². The lowest BCUT2D eigenvalue weighted by Gasteiger charge is -2.12. The maximum Gasteiger partial charge on any atom is 0.166 e. The van der Waals surface area contributed by atoms with E-state index in [-0.39, 0.29) is 0 Å². The van der Waals surface area contributed by atoms with E-state index in [0.717, 1.165) is 6.54 Å². The molecule has 1 heterocycles. The Morgan fingerprint density at radius 1 is 1.62 bits per heavy atom. The minimum absolute atomic E-state index is 0.381. The Morgan fingerprint density at radius 3 is 2.92 bits per heavy atom. The van der Waals surface area contributed by atoms with Gasteiger partial charge in [0.25, 0.3) is 0 Å². The molecule has 0 amide bonds. The number of nitrogens with one attached hydrogen (secondary N) is 3. The molecule has 0 aromatic carbocycles. The zero-order chi connectivity index (χ0) is 9.68. The quantitative estimate of drug-likeness (QED) is 0.641. The van der Waals surface area contributed by atoms with Gasteiger partial charge in [-0.15, -0.1) is 0 Å². The van der Waals surface area contributed by atoms with Crippen molar-refractivity contribution in [3.8, 4) is 0 Å². The molecular formula is C9H15N3S. The lowest BCUT2D eigenvalue weighted by Crippen LogP contribution is -2.38. The summed E-state index contributed by atoms with van der Waals surface area (Å²) in [6.45, 7) is 4.89. The van der Waals surface area contributed by atoms with Gasteiger partial charge in [0.2, 0.25) is 0 Å². The van der Waals surface area contributed by atoms with Crippen molar-refractivity contribution in [3.63, 3.8) is 0 Å². The Bertz CT molecular complexity index is 254. The highest BCUT2D eigenvalue weighted by Crippen LogP contribution is 1.94. The van der Waals surface area contributed by atoms with Crippen molar-refractivity contribution in [2.24, 2.45) is 0 Å². The molecule has 1 rings (SSSR count). The Balaban J connectivity index is 2.23. The molecule has 3 nitrogen and oxygen atoms in total. The van der Waals surface area contributed by atoms with E-state index in [1.165, 1.54) is 5.56 Å². The molecule has 0 aliphatic rings. The highest BCUT2D eigenvalue weighted by atomic mass is 32.1. The number of hydrogen-bond acceptors (Lipinski definition) is 1. The molecule has 0 aliphatic heterocycles. The van der Waals surface area contributed by atoms with Gasteiger partial charge in [0.1, 0.15) is 0 Å². The van der Waals surface area contributed by atoms with Crippen molar-refractivity contribution in [1.29, 1.82) is 0 Å². The summed E-state index contributed by atoms with van der Waals surface area (Å²) in [6.07, 6.45) is 3.85. The molecule has 4 heteroatoms. The second-order valence-corrected chi connectivity index (χ2v) is 3.61. The molecule has 0 unspecified atom stereocenters. The van der Waals surface area contributed by atoms with Gasteiger partial charge in [0.15, 0.2) is 5.11 Å². The summed E-state index contributed by atoms with van der Waals surface area (Å²) in [5, 5.41) is 6.94.